The van der Waals surface area contributed by atoms with Crippen molar-refractivity contribution in [1.29, 1.82) is 0 Å². The highest BCUT2D eigenvalue weighted by atomic mass is 127. The molecule has 0 spiro atoms. The van der Waals surface area contributed by atoms with Gasteiger partial charge in [-0.05, 0) is 110 Å². The summed E-state index contributed by atoms with van der Waals surface area (Å²) in [5, 5.41) is 46.5. The molecule has 0 aromatic rings. The van der Waals surface area contributed by atoms with Crippen LogP contribution in [0.3, 0.4) is 0 Å². The SMILES string of the molecule is C#C/C=C/CN(C)[C@@H]1C[C@H](O[C@@H]2[C@@H](C)[C@H](O[C@@H]3C[C@@](C)(OC)[C@@H](O)[C@H](C)O3)[C@@H](C)C(=O)O[C@H](I)[C@@](C)(O)[C@H](O)[C@@H](C)N(C)C[C@H](C)C[C@@]2(C)O)O[C@H](C)C1. The Kier molecular flexibility index (Phi) is 17.3. The summed E-state index contributed by atoms with van der Waals surface area (Å²) in [6.07, 6.45) is 4.33. The number of rotatable bonds is 8. The molecule has 3 aliphatic rings. The smallest absolute Gasteiger partial charge is 0.312 e. The van der Waals surface area contributed by atoms with Gasteiger partial charge in [-0.15, -0.1) is 6.42 Å². The zero-order chi connectivity index (χ0) is 40.9. The summed E-state index contributed by atoms with van der Waals surface area (Å²) in [5.74, 6) is 0.127. The number of alkyl halides is 1. The Morgan fingerprint density at radius 1 is 1.02 bits per heavy atom. The number of allylic oxidation sites excluding steroid dienone is 1. The van der Waals surface area contributed by atoms with Crippen molar-refractivity contribution in [3.05, 3.63) is 12.2 Å². The molecule has 312 valence electrons. The lowest BCUT2D eigenvalue weighted by molar-refractivity contribution is -0.308. The van der Waals surface area contributed by atoms with E-state index in [2.05, 4.69) is 10.8 Å². The number of nitrogens with zero attached hydrogens (tertiary/aromatic N) is 2. The molecule has 3 saturated heterocycles. The van der Waals surface area contributed by atoms with Gasteiger partial charge in [-0.1, -0.05) is 25.8 Å². The average Bonchev–Trinajstić information content (AvgIpc) is 3.09. The molecule has 14 heteroatoms. The van der Waals surface area contributed by atoms with Crippen molar-refractivity contribution in [3.63, 3.8) is 0 Å². The van der Waals surface area contributed by atoms with Crippen molar-refractivity contribution in [2.45, 2.75) is 170 Å². The highest BCUT2D eigenvalue weighted by molar-refractivity contribution is 14.1. The third-order valence-electron chi connectivity index (χ3n) is 12.0. The van der Waals surface area contributed by atoms with E-state index in [0.29, 0.717) is 25.9 Å². The average molecular weight is 881 g/mol. The molecular weight excluding hydrogens is 811 g/mol. The minimum Gasteiger partial charge on any atom is -0.448 e. The summed E-state index contributed by atoms with van der Waals surface area (Å²) in [6, 6.07) is -0.417. The number of carbonyl (C=O) groups is 1. The molecule has 4 N–H and O–H groups in total. The molecule has 3 rings (SSSR count). The summed E-state index contributed by atoms with van der Waals surface area (Å²) < 4.78 is 36.7. The number of aliphatic hydroxyl groups is 4. The number of esters is 1. The molecule has 17 atom stereocenters. The summed E-state index contributed by atoms with van der Waals surface area (Å²) in [5.41, 5.74) is -4.28. The van der Waals surface area contributed by atoms with Crippen LogP contribution in [0.15, 0.2) is 12.2 Å². The molecule has 0 saturated carbocycles. The standard InChI is InChI=1S/C40H69IN2O11/c1-14-15-16-17-42(11)29-18-24(3)50-30(19-29)53-35-25(4)32(52-31-21-39(9,49-13)34(45)28(7)51-31)26(5)36(46)54-37(41)40(10,48)33(44)27(6)43(12)22-23(2)20-38(35,8)47/h1,15-16,23-35,37,44-45,47-48H,17-22H2,2-13H3/b16-15+/t23-,24-,25+,26-,27-,28+,29+,30+,31-,32+,33-,34+,35-,37+,38-,39-,40+/m1/s1. The van der Waals surface area contributed by atoms with Crippen LogP contribution < -0.4 is 0 Å². The van der Waals surface area contributed by atoms with E-state index in [1.54, 1.807) is 40.7 Å². The Morgan fingerprint density at radius 3 is 2.28 bits per heavy atom. The van der Waals surface area contributed by atoms with Gasteiger partial charge in [-0.3, -0.25) is 9.69 Å². The zero-order valence-corrected chi connectivity index (χ0v) is 36.6. The van der Waals surface area contributed by atoms with E-state index in [-0.39, 0.29) is 24.5 Å². The number of ether oxygens (including phenoxy) is 6. The lowest BCUT2D eigenvalue weighted by Gasteiger charge is -2.48. The van der Waals surface area contributed by atoms with Gasteiger partial charge in [0.15, 0.2) is 16.7 Å². The first-order chi connectivity index (χ1) is 25.0. The van der Waals surface area contributed by atoms with Crippen molar-refractivity contribution in [2.75, 3.05) is 34.3 Å². The van der Waals surface area contributed by atoms with E-state index < -0.39 is 87.9 Å². The molecule has 54 heavy (non-hydrogen) atoms. The highest BCUT2D eigenvalue weighted by Crippen LogP contribution is 2.40. The number of methoxy groups -OCH3 is 1. The minimum absolute atomic E-state index is 0.0995. The van der Waals surface area contributed by atoms with Gasteiger partial charge in [0.1, 0.15) is 17.8 Å². The van der Waals surface area contributed by atoms with Gasteiger partial charge in [0.2, 0.25) is 0 Å². The van der Waals surface area contributed by atoms with Gasteiger partial charge in [0.25, 0.3) is 0 Å². The predicted molar refractivity (Wildman–Crippen MR) is 213 cm³/mol. The van der Waals surface area contributed by atoms with Crippen LogP contribution in [0, 0.1) is 30.1 Å². The van der Waals surface area contributed by atoms with Crippen molar-refractivity contribution >= 4 is 28.6 Å². The zero-order valence-electron chi connectivity index (χ0n) is 34.5. The van der Waals surface area contributed by atoms with Crippen LogP contribution in [0.1, 0.15) is 88.0 Å². The fourth-order valence-corrected chi connectivity index (χ4v) is 9.08. The second-order valence-electron chi connectivity index (χ2n) is 17.0. The Bertz CT molecular complexity index is 1280. The first-order valence-corrected chi connectivity index (χ1v) is 20.6. The van der Waals surface area contributed by atoms with Crippen LogP contribution in [0.25, 0.3) is 0 Å². The van der Waals surface area contributed by atoms with Gasteiger partial charge in [0, 0.05) is 51.0 Å². The molecule has 0 aromatic carbocycles. The van der Waals surface area contributed by atoms with Crippen LogP contribution in [-0.2, 0) is 33.2 Å². The molecule has 0 radical (unpaired) electrons. The summed E-state index contributed by atoms with van der Waals surface area (Å²) >= 11 is 1.85. The van der Waals surface area contributed by atoms with Gasteiger partial charge < -0.3 is 53.7 Å². The van der Waals surface area contributed by atoms with E-state index >= 15 is 0 Å². The van der Waals surface area contributed by atoms with E-state index in [4.69, 9.17) is 34.8 Å². The molecular formula is C40H69IN2O11. The van der Waals surface area contributed by atoms with E-state index in [9.17, 15) is 25.2 Å². The van der Waals surface area contributed by atoms with Gasteiger partial charge in [0.05, 0.1) is 41.5 Å². The Morgan fingerprint density at radius 2 is 1.67 bits per heavy atom. The summed E-state index contributed by atoms with van der Waals surface area (Å²) in [7, 11) is 5.41. The largest absolute Gasteiger partial charge is 0.448 e. The molecule has 0 aromatic heterocycles. The Labute approximate surface area is 337 Å². The maximum atomic E-state index is 14.1. The van der Waals surface area contributed by atoms with Crippen molar-refractivity contribution in [1.82, 2.24) is 9.80 Å². The molecule has 0 aliphatic carbocycles. The summed E-state index contributed by atoms with van der Waals surface area (Å²) in [4.78, 5) is 18.3. The van der Waals surface area contributed by atoms with Gasteiger partial charge in [-0.25, -0.2) is 0 Å². The topological polar surface area (TPSA) is 160 Å². The normalized spacial score (nSPS) is 46.8. The lowest BCUT2D eigenvalue weighted by atomic mass is 9.77. The fraction of sp³-hybridized carbons (Fsp3) is 0.875. The molecule has 0 amide bonds. The maximum Gasteiger partial charge on any atom is 0.312 e. The molecule has 3 fully saturated rings. The third kappa shape index (κ3) is 11.6. The number of aliphatic hydroxyl groups excluding tert-OH is 2. The van der Waals surface area contributed by atoms with Crippen LogP contribution in [0.4, 0.5) is 0 Å². The third-order valence-corrected chi connectivity index (χ3v) is 13.5. The fourth-order valence-electron chi connectivity index (χ4n) is 8.47. The molecule has 0 unspecified atom stereocenters. The second-order valence-corrected chi connectivity index (χ2v) is 18.2. The molecule has 0 bridgehead atoms. The van der Waals surface area contributed by atoms with Crippen LogP contribution in [-0.4, -0.2) is 153 Å². The maximum absolute atomic E-state index is 14.1. The van der Waals surface area contributed by atoms with Crippen LogP contribution >= 0.6 is 22.6 Å². The second kappa shape index (κ2) is 19.7. The molecule has 3 aliphatic heterocycles. The Hall–Kier alpha value is -0.940. The van der Waals surface area contributed by atoms with Crippen molar-refractivity contribution < 1.29 is 53.6 Å². The van der Waals surface area contributed by atoms with Crippen LogP contribution in [0.5, 0.6) is 0 Å². The van der Waals surface area contributed by atoms with Crippen LogP contribution in [0.2, 0.25) is 0 Å². The first-order valence-electron chi connectivity index (χ1n) is 19.3. The van der Waals surface area contributed by atoms with E-state index in [1.807, 2.05) is 68.4 Å². The lowest BCUT2D eigenvalue weighted by Crippen LogP contribution is -2.59. The number of hydrogen-bond donors (Lipinski definition) is 4. The minimum atomic E-state index is -1.81. The monoisotopic (exact) mass is 880 g/mol. The quantitative estimate of drug-likeness (QED) is 0.122. The molecule has 3 heterocycles. The van der Waals surface area contributed by atoms with E-state index in [0.717, 1.165) is 6.42 Å². The number of terminal acetylenes is 1. The predicted octanol–water partition coefficient (Wildman–Crippen LogP) is 3.47. The first kappa shape index (κ1) is 47.4. The van der Waals surface area contributed by atoms with Crippen molar-refractivity contribution in [2.24, 2.45) is 17.8 Å². The van der Waals surface area contributed by atoms with E-state index in [1.165, 1.54) is 14.0 Å². The number of cyclic esters (lactones) is 1. The molecule has 13 nitrogen and oxygen atoms in total. The van der Waals surface area contributed by atoms with Gasteiger partial charge in [-0.2, -0.15) is 0 Å². The van der Waals surface area contributed by atoms with Crippen molar-refractivity contribution in [3.8, 4) is 12.3 Å². The Balaban J connectivity index is 2.11. The summed E-state index contributed by atoms with van der Waals surface area (Å²) in [6.45, 7) is 17.2. The number of hydrogen-bond acceptors (Lipinski definition) is 13. The van der Waals surface area contributed by atoms with Gasteiger partial charge >= 0.3 is 5.97 Å². The highest BCUT2D eigenvalue weighted by Gasteiger charge is 2.52. The number of likely N-dealkylation sites (N-methyl/N-ethyl adjacent to an activating group) is 2. The number of halogens is 1. The number of carbonyl (C=O) groups excluding carboxylic acids is 1.